The molecule has 3 amide bonds. The summed E-state index contributed by atoms with van der Waals surface area (Å²) in [5, 5.41) is 2.66. The van der Waals surface area contributed by atoms with Crippen LogP contribution < -0.4 is 5.32 Å². The van der Waals surface area contributed by atoms with Gasteiger partial charge in [0.1, 0.15) is 0 Å². The van der Waals surface area contributed by atoms with Crippen LogP contribution in [0.15, 0.2) is 42.6 Å². The fourth-order valence-electron chi connectivity index (χ4n) is 2.75. The molecule has 2 heterocycles. The van der Waals surface area contributed by atoms with E-state index in [0.29, 0.717) is 22.4 Å². The van der Waals surface area contributed by atoms with Crippen molar-refractivity contribution in [2.24, 2.45) is 0 Å². The molecule has 0 bridgehead atoms. The van der Waals surface area contributed by atoms with Crippen molar-refractivity contribution in [2.45, 2.75) is 13.0 Å². The first-order valence-electron chi connectivity index (χ1n) is 8.26. The molecule has 8 heteroatoms. The highest BCUT2D eigenvalue weighted by atomic mass is 16.5. The zero-order chi connectivity index (χ0) is 19.4. The highest BCUT2D eigenvalue weighted by Crippen LogP contribution is 2.22. The number of amides is 3. The SMILES string of the molecule is COC(=O)c1ccnc(CNC(=O)CCN2C(=O)c3ccccc3C2=O)c1. The highest BCUT2D eigenvalue weighted by molar-refractivity contribution is 6.21. The minimum absolute atomic E-state index is 0.00614. The number of pyridine rings is 1. The molecule has 1 aliphatic heterocycles. The van der Waals surface area contributed by atoms with Crippen molar-refractivity contribution in [3.05, 3.63) is 65.0 Å². The lowest BCUT2D eigenvalue weighted by Gasteiger charge is -2.13. The number of esters is 1. The van der Waals surface area contributed by atoms with Crippen LogP contribution in [0.4, 0.5) is 0 Å². The predicted octanol–water partition coefficient (Wildman–Crippen LogP) is 1.17. The summed E-state index contributed by atoms with van der Waals surface area (Å²) in [6, 6.07) is 9.60. The standard InChI is InChI=1S/C19H17N3O5/c1-27-19(26)12-6-8-20-13(10-12)11-21-16(23)7-9-22-17(24)14-4-2-3-5-15(14)18(22)25/h2-6,8,10H,7,9,11H2,1H3,(H,21,23). The number of benzene rings is 1. The first-order chi connectivity index (χ1) is 13.0. The number of fused-ring (bicyclic) bond motifs is 1. The van der Waals surface area contributed by atoms with Gasteiger partial charge in [0.15, 0.2) is 0 Å². The van der Waals surface area contributed by atoms with E-state index in [4.69, 9.17) is 0 Å². The van der Waals surface area contributed by atoms with E-state index in [9.17, 15) is 19.2 Å². The Morgan fingerprint density at radius 3 is 2.41 bits per heavy atom. The summed E-state index contributed by atoms with van der Waals surface area (Å²) in [4.78, 5) is 53.2. The quantitative estimate of drug-likeness (QED) is 0.607. The number of imide groups is 1. The van der Waals surface area contributed by atoms with Gasteiger partial charge in [0, 0.05) is 19.2 Å². The third kappa shape index (κ3) is 3.84. The number of rotatable bonds is 6. The molecule has 138 valence electrons. The fourth-order valence-corrected chi connectivity index (χ4v) is 2.75. The number of nitrogens with zero attached hydrogens (tertiary/aromatic N) is 2. The Morgan fingerprint density at radius 2 is 1.78 bits per heavy atom. The van der Waals surface area contributed by atoms with Crippen LogP contribution in [0, 0.1) is 0 Å². The molecule has 27 heavy (non-hydrogen) atoms. The maximum absolute atomic E-state index is 12.2. The molecular weight excluding hydrogens is 350 g/mol. The van der Waals surface area contributed by atoms with Gasteiger partial charge in [-0.15, -0.1) is 0 Å². The molecule has 3 rings (SSSR count). The third-order valence-electron chi connectivity index (χ3n) is 4.14. The van der Waals surface area contributed by atoms with E-state index in [1.54, 1.807) is 24.3 Å². The first kappa shape index (κ1) is 18.2. The van der Waals surface area contributed by atoms with Crippen LogP contribution in [0.1, 0.15) is 43.2 Å². The largest absolute Gasteiger partial charge is 0.465 e. The van der Waals surface area contributed by atoms with Gasteiger partial charge in [-0.25, -0.2) is 4.79 Å². The van der Waals surface area contributed by atoms with Gasteiger partial charge in [0.25, 0.3) is 11.8 Å². The molecule has 0 spiro atoms. The number of nitrogens with one attached hydrogen (secondary N) is 1. The molecule has 0 fully saturated rings. The minimum Gasteiger partial charge on any atom is -0.465 e. The van der Waals surface area contributed by atoms with E-state index in [1.807, 2.05) is 0 Å². The number of hydrogen-bond donors (Lipinski definition) is 1. The maximum Gasteiger partial charge on any atom is 0.337 e. The molecule has 1 N–H and O–H groups in total. The number of carbonyl (C=O) groups excluding carboxylic acids is 4. The van der Waals surface area contributed by atoms with Crippen LogP contribution >= 0.6 is 0 Å². The number of carbonyl (C=O) groups is 4. The molecule has 1 aromatic heterocycles. The molecule has 0 atom stereocenters. The number of hydrogen-bond acceptors (Lipinski definition) is 6. The summed E-state index contributed by atoms with van der Waals surface area (Å²) in [5.74, 6) is -1.61. The monoisotopic (exact) mass is 367 g/mol. The van der Waals surface area contributed by atoms with Gasteiger partial charge in [0.05, 0.1) is 36.0 Å². The van der Waals surface area contributed by atoms with Crippen molar-refractivity contribution in [2.75, 3.05) is 13.7 Å². The van der Waals surface area contributed by atoms with Crippen molar-refractivity contribution in [3.63, 3.8) is 0 Å². The summed E-state index contributed by atoms with van der Waals surface area (Å²) in [5.41, 5.74) is 1.54. The topological polar surface area (TPSA) is 106 Å². The molecule has 0 radical (unpaired) electrons. The number of aromatic nitrogens is 1. The molecule has 0 unspecified atom stereocenters. The predicted molar refractivity (Wildman–Crippen MR) is 93.8 cm³/mol. The molecule has 8 nitrogen and oxygen atoms in total. The second kappa shape index (κ2) is 7.77. The van der Waals surface area contributed by atoms with E-state index in [1.165, 1.54) is 25.4 Å². The van der Waals surface area contributed by atoms with Gasteiger partial charge >= 0.3 is 5.97 Å². The van der Waals surface area contributed by atoms with Crippen LogP contribution in [0.5, 0.6) is 0 Å². The summed E-state index contributed by atoms with van der Waals surface area (Å²) >= 11 is 0. The summed E-state index contributed by atoms with van der Waals surface area (Å²) < 4.78 is 4.64. The molecule has 1 aliphatic rings. The summed E-state index contributed by atoms with van der Waals surface area (Å²) in [6.45, 7) is 0.111. The Morgan fingerprint density at radius 1 is 1.11 bits per heavy atom. The van der Waals surface area contributed by atoms with Crippen molar-refractivity contribution in [1.82, 2.24) is 15.2 Å². The highest BCUT2D eigenvalue weighted by Gasteiger charge is 2.34. The number of ether oxygens (including phenoxy) is 1. The van der Waals surface area contributed by atoms with Crippen LogP contribution in [-0.2, 0) is 16.1 Å². The molecule has 0 saturated heterocycles. The Labute approximate surface area is 155 Å². The van der Waals surface area contributed by atoms with Gasteiger partial charge in [0.2, 0.25) is 5.91 Å². The maximum atomic E-state index is 12.2. The van der Waals surface area contributed by atoms with E-state index in [0.717, 1.165) is 4.90 Å². The molecule has 0 aliphatic carbocycles. The van der Waals surface area contributed by atoms with Crippen LogP contribution in [0.2, 0.25) is 0 Å². The van der Waals surface area contributed by atoms with Crippen LogP contribution in [-0.4, -0.2) is 47.2 Å². The molecule has 2 aromatic rings. The smallest absolute Gasteiger partial charge is 0.337 e. The third-order valence-corrected chi connectivity index (χ3v) is 4.14. The van der Waals surface area contributed by atoms with Crippen molar-refractivity contribution >= 4 is 23.7 Å². The second-order valence-electron chi connectivity index (χ2n) is 5.86. The summed E-state index contributed by atoms with van der Waals surface area (Å²) in [7, 11) is 1.28. The van der Waals surface area contributed by atoms with Gasteiger partial charge < -0.3 is 10.1 Å². The lowest BCUT2D eigenvalue weighted by atomic mass is 10.1. The Bertz CT molecular complexity index is 890. The van der Waals surface area contributed by atoms with Crippen LogP contribution in [0.3, 0.4) is 0 Å². The van der Waals surface area contributed by atoms with Gasteiger partial charge in [-0.2, -0.15) is 0 Å². The minimum atomic E-state index is -0.490. The van der Waals surface area contributed by atoms with Crippen molar-refractivity contribution in [3.8, 4) is 0 Å². The van der Waals surface area contributed by atoms with Crippen molar-refractivity contribution in [1.29, 1.82) is 0 Å². The number of methoxy groups -OCH3 is 1. The van der Waals surface area contributed by atoms with Crippen molar-refractivity contribution < 1.29 is 23.9 Å². The van der Waals surface area contributed by atoms with Gasteiger partial charge in [-0.1, -0.05) is 12.1 Å². The van der Waals surface area contributed by atoms with Gasteiger partial charge in [-0.05, 0) is 24.3 Å². The Balaban J connectivity index is 1.53. The average Bonchev–Trinajstić information content (AvgIpc) is 2.95. The second-order valence-corrected chi connectivity index (χ2v) is 5.86. The lowest BCUT2D eigenvalue weighted by molar-refractivity contribution is -0.121. The van der Waals surface area contributed by atoms with E-state index in [-0.39, 0.29) is 25.4 Å². The molecule has 1 aromatic carbocycles. The van der Waals surface area contributed by atoms with Gasteiger partial charge in [-0.3, -0.25) is 24.3 Å². The Hall–Kier alpha value is -3.55. The average molecular weight is 367 g/mol. The lowest BCUT2D eigenvalue weighted by Crippen LogP contribution is -2.34. The fraction of sp³-hybridized carbons (Fsp3) is 0.211. The first-order valence-corrected chi connectivity index (χ1v) is 8.26. The normalized spacial score (nSPS) is 12.7. The summed E-state index contributed by atoms with van der Waals surface area (Å²) in [6.07, 6.45) is 1.43. The van der Waals surface area contributed by atoms with E-state index < -0.39 is 17.8 Å². The van der Waals surface area contributed by atoms with Crippen LogP contribution in [0.25, 0.3) is 0 Å². The zero-order valence-corrected chi connectivity index (χ0v) is 14.6. The van der Waals surface area contributed by atoms with E-state index >= 15 is 0 Å². The van der Waals surface area contributed by atoms with E-state index in [2.05, 4.69) is 15.0 Å². The Kier molecular flexibility index (Phi) is 5.25. The zero-order valence-electron chi connectivity index (χ0n) is 14.6. The molecule has 0 saturated carbocycles. The molecular formula is C19H17N3O5.